The average Bonchev–Trinajstić information content (AvgIpc) is 3.11. The molecule has 2 aliphatic heterocycles. The number of piperidine rings is 1. The molecule has 22 heavy (non-hydrogen) atoms. The molecule has 1 atom stereocenters. The van der Waals surface area contributed by atoms with Crippen molar-refractivity contribution < 1.29 is 9.15 Å². The van der Waals surface area contributed by atoms with Crippen LogP contribution in [0.4, 0.5) is 0 Å². The van der Waals surface area contributed by atoms with Gasteiger partial charge in [0.05, 0.1) is 19.4 Å². The van der Waals surface area contributed by atoms with Gasteiger partial charge >= 0.3 is 0 Å². The van der Waals surface area contributed by atoms with Crippen molar-refractivity contribution in [2.45, 2.75) is 51.7 Å². The topological polar surface area (TPSA) is 28.9 Å². The van der Waals surface area contributed by atoms with Gasteiger partial charge in [-0.05, 0) is 63.7 Å². The van der Waals surface area contributed by atoms with Crippen LogP contribution in [0, 0.1) is 5.41 Å². The third kappa shape index (κ3) is 3.39. The maximum Gasteiger partial charge on any atom is 0.117 e. The van der Waals surface area contributed by atoms with Crippen molar-refractivity contribution in [2.24, 2.45) is 5.41 Å². The van der Waals surface area contributed by atoms with Crippen LogP contribution in [0.1, 0.15) is 38.9 Å². The number of rotatable bonds is 5. The van der Waals surface area contributed by atoms with Crippen LogP contribution in [0.15, 0.2) is 22.8 Å². The Morgan fingerprint density at radius 1 is 1.36 bits per heavy atom. The number of ether oxygens (including phenoxy) is 1. The van der Waals surface area contributed by atoms with Crippen LogP contribution in [0.5, 0.6) is 0 Å². The van der Waals surface area contributed by atoms with Crippen LogP contribution in [0.2, 0.25) is 0 Å². The van der Waals surface area contributed by atoms with Crippen molar-refractivity contribution in [2.75, 3.05) is 33.4 Å². The zero-order valence-electron chi connectivity index (χ0n) is 14.3. The second-order valence-corrected chi connectivity index (χ2v) is 7.43. The number of methoxy groups -OCH3 is 1. The van der Waals surface area contributed by atoms with Gasteiger partial charge in [0.1, 0.15) is 5.76 Å². The predicted molar refractivity (Wildman–Crippen MR) is 87.8 cm³/mol. The molecule has 0 N–H and O–H groups in total. The molecule has 4 heteroatoms. The van der Waals surface area contributed by atoms with Crippen LogP contribution in [-0.4, -0.2) is 55.2 Å². The number of hydrogen-bond donors (Lipinski definition) is 0. The summed E-state index contributed by atoms with van der Waals surface area (Å²) < 4.78 is 11.0. The first-order valence-corrected chi connectivity index (χ1v) is 8.61. The largest absolute Gasteiger partial charge is 0.468 e. The van der Waals surface area contributed by atoms with Gasteiger partial charge < -0.3 is 9.15 Å². The molecule has 0 aromatic carbocycles. The highest BCUT2D eigenvalue weighted by Crippen LogP contribution is 2.44. The van der Waals surface area contributed by atoms with E-state index in [1.807, 2.05) is 13.2 Å². The molecule has 0 aliphatic carbocycles. The van der Waals surface area contributed by atoms with Crippen molar-refractivity contribution >= 4 is 0 Å². The molecule has 2 aliphatic rings. The maximum absolute atomic E-state index is 5.48. The lowest BCUT2D eigenvalue weighted by molar-refractivity contribution is 0.0893. The van der Waals surface area contributed by atoms with Crippen LogP contribution in [0.25, 0.3) is 0 Å². The van der Waals surface area contributed by atoms with E-state index in [9.17, 15) is 0 Å². The Bertz CT molecular complexity index is 450. The molecule has 0 bridgehead atoms. The molecule has 2 fully saturated rings. The number of nitrogens with zero attached hydrogens (tertiary/aromatic N) is 2. The minimum absolute atomic E-state index is 0.507. The highest BCUT2D eigenvalue weighted by atomic mass is 16.5. The van der Waals surface area contributed by atoms with Crippen LogP contribution >= 0.6 is 0 Å². The Morgan fingerprint density at radius 2 is 2.14 bits per heavy atom. The molecule has 4 nitrogen and oxygen atoms in total. The minimum Gasteiger partial charge on any atom is -0.468 e. The van der Waals surface area contributed by atoms with Gasteiger partial charge in [0.25, 0.3) is 0 Å². The first-order valence-electron chi connectivity index (χ1n) is 8.61. The molecule has 3 heterocycles. The van der Waals surface area contributed by atoms with Gasteiger partial charge in [-0.3, -0.25) is 9.80 Å². The van der Waals surface area contributed by atoms with Gasteiger partial charge in [0.15, 0.2) is 0 Å². The third-order valence-corrected chi connectivity index (χ3v) is 5.55. The smallest absolute Gasteiger partial charge is 0.117 e. The Balaban J connectivity index is 1.57. The van der Waals surface area contributed by atoms with E-state index in [0.717, 1.165) is 18.9 Å². The summed E-state index contributed by atoms with van der Waals surface area (Å²) in [5, 5.41) is 0. The zero-order chi connectivity index (χ0) is 15.6. The lowest BCUT2D eigenvalue weighted by Gasteiger charge is -2.39. The molecule has 1 aromatic rings. The van der Waals surface area contributed by atoms with E-state index < -0.39 is 0 Å². The van der Waals surface area contributed by atoms with Gasteiger partial charge in [-0.25, -0.2) is 0 Å². The van der Waals surface area contributed by atoms with E-state index in [0.29, 0.717) is 17.5 Å². The van der Waals surface area contributed by atoms with Crippen molar-refractivity contribution in [3.63, 3.8) is 0 Å². The summed E-state index contributed by atoms with van der Waals surface area (Å²) in [6, 6.07) is 5.27. The van der Waals surface area contributed by atoms with Gasteiger partial charge in [0, 0.05) is 25.7 Å². The Kier molecular flexibility index (Phi) is 4.91. The summed E-state index contributed by atoms with van der Waals surface area (Å²) >= 11 is 0. The van der Waals surface area contributed by atoms with E-state index in [-0.39, 0.29) is 0 Å². The molecular formula is C18H30N2O2. The summed E-state index contributed by atoms with van der Waals surface area (Å²) in [7, 11) is 1.83. The fourth-order valence-corrected chi connectivity index (χ4v) is 4.32. The summed E-state index contributed by atoms with van der Waals surface area (Å²) in [5.41, 5.74) is 0.507. The third-order valence-electron chi connectivity index (χ3n) is 5.55. The normalized spacial score (nSPS) is 26.3. The first-order chi connectivity index (χ1) is 10.6. The van der Waals surface area contributed by atoms with E-state index in [2.05, 4.69) is 29.7 Å². The molecule has 0 amide bonds. The molecule has 1 spiro atoms. The summed E-state index contributed by atoms with van der Waals surface area (Å²) in [6.07, 6.45) is 5.68. The molecule has 0 radical (unpaired) electrons. The molecule has 124 valence electrons. The number of furan rings is 1. The monoisotopic (exact) mass is 306 g/mol. The van der Waals surface area contributed by atoms with E-state index in [1.54, 1.807) is 6.26 Å². The highest BCUT2D eigenvalue weighted by Gasteiger charge is 2.45. The molecule has 1 unspecified atom stereocenters. The summed E-state index contributed by atoms with van der Waals surface area (Å²) in [4.78, 5) is 5.19. The Labute approximate surface area is 134 Å². The maximum atomic E-state index is 5.48. The van der Waals surface area contributed by atoms with Crippen molar-refractivity contribution in [1.82, 2.24) is 9.80 Å². The quantitative estimate of drug-likeness (QED) is 0.836. The summed E-state index contributed by atoms with van der Waals surface area (Å²) in [6.45, 7) is 10.1. The predicted octanol–water partition coefficient (Wildman–Crippen LogP) is 2.99. The fourth-order valence-electron chi connectivity index (χ4n) is 4.32. The number of likely N-dealkylation sites (tertiary alicyclic amines) is 2. The Hall–Kier alpha value is -0.840. The van der Waals surface area contributed by atoms with Crippen molar-refractivity contribution in [1.29, 1.82) is 0 Å². The van der Waals surface area contributed by atoms with E-state index >= 15 is 0 Å². The van der Waals surface area contributed by atoms with Crippen LogP contribution in [0.3, 0.4) is 0 Å². The molecular weight excluding hydrogens is 276 g/mol. The molecule has 1 aromatic heterocycles. The fraction of sp³-hybridized carbons (Fsp3) is 0.778. The molecule has 2 saturated heterocycles. The van der Waals surface area contributed by atoms with Gasteiger partial charge in [-0.2, -0.15) is 0 Å². The van der Waals surface area contributed by atoms with Gasteiger partial charge in [-0.15, -0.1) is 0 Å². The second-order valence-electron chi connectivity index (χ2n) is 7.43. The summed E-state index contributed by atoms with van der Waals surface area (Å²) in [5.74, 6) is 1.09. The van der Waals surface area contributed by atoms with E-state index in [4.69, 9.17) is 9.15 Å². The lowest BCUT2D eigenvalue weighted by Crippen LogP contribution is -2.42. The molecule has 3 rings (SSSR count). The second kappa shape index (κ2) is 6.73. The SMILES string of the molecule is COCC1CC2(CCN(Cc3ccco3)CC2)CN1C(C)C. The van der Waals surface area contributed by atoms with Crippen molar-refractivity contribution in [3.8, 4) is 0 Å². The first kappa shape index (κ1) is 16.0. The Morgan fingerprint density at radius 3 is 2.73 bits per heavy atom. The lowest BCUT2D eigenvalue weighted by atomic mass is 9.76. The van der Waals surface area contributed by atoms with Crippen molar-refractivity contribution in [3.05, 3.63) is 24.2 Å². The highest BCUT2D eigenvalue weighted by molar-refractivity contribution is 5.02. The van der Waals surface area contributed by atoms with E-state index in [1.165, 1.54) is 38.9 Å². The van der Waals surface area contributed by atoms with Crippen LogP contribution in [-0.2, 0) is 11.3 Å². The zero-order valence-corrected chi connectivity index (χ0v) is 14.3. The van der Waals surface area contributed by atoms with Gasteiger partial charge in [0.2, 0.25) is 0 Å². The standard InChI is InChI=1S/C18H30N2O2/c1-15(2)20-14-18(11-16(20)13-21-3)6-8-19(9-7-18)12-17-5-4-10-22-17/h4-5,10,15-16H,6-9,11-14H2,1-3H3. The number of hydrogen-bond acceptors (Lipinski definition) is 4. The molecule has 0 saturated carbocycles. The average molecular weight is 306 g/mol. The van der Waals surface area contributed by atoms with Gasteiger partial charge in [-0.1, -0.05) is 0 Å². The minimum atomic E-state index is 0.507. The van der Waals surface area contributed by atoms with Crippen LogP contribution < -0.4 is 0 Å².